The van der Waals surface area contributed by atoms with Crippen LogP contribution >= 0.6 is 11.3 Å². The van der Waals surface area contributed by atoms with Gasteiger partial charge in [-0.1, -0.05) is 35.9 Å². The highest BCUT2D eigenvalue weighted by molar-refractivity contribution is 7.09. The lowest BCUT2D eigenvalue weighted by molar-refractivity contribution is -0.121. The first-order valence-electron chi connectivity index (χ1n) is 7.89. The van der Waals surface area contributed by atoms with Gasteiger partial charge in [0.2, 0.25) is 5.91 Å². The molecular formula is C19H19N3OS. The number of amides is 1. The minimum Gasteiger partial charge on any atom is -0.352 e. The van der Waals surface area contributed by atoms with Crippen LogP contribution in [0, 0.1) is 6.92 Å². The van der Waals surface area contributed by atoms with E-state index in [1.165, 1.54) is 5.56 Å². The van der Waals surface area contributed by atoms with Crippen LogP contribution in [0.3, 0.4) is 0 Å². The lowest BCUT2D eigenvalue weighted by Gasteiger charge is -2.05. The second kappa shape index (κ2) is 7.84. The monoisotopic (exact) mass is 337 g/mol. The molecule has 122 valence electrons. The lowest BCUT2D eigenvalue weighted by atomic mass is 10.1. The van der Waals surface area contributed by atoms with Crippen LogP contribution in [0.2, 0.25) is 0 Å². The van der Waals surface area contributed by atoms with Crippen molar-refractivity contribution in [2.24, 2.45) is 0 Å². The van der Waals surface area contributed by atoms with Crippen LogP contribution in [0.4, 0.5) is 0 Å². The largest absolute Gasteiger partial charge is 0.352 e. The molecule has 0 bridgehead atoms. The Morgan fingerprint density at radius 1 is 1.17 bits per heavy atom. The fourth-order valence-electron chi connectivity index (χ4n) is 2.39. The topological polar surface area (TPSA) is 54.9 Å². The molecule has 0 spiro atoms. The van der Waals surface area contributed by atoms with E-state index in [4.69, 9.17) is 0 Å². The third-order valence-electron chi connectivity index (χ3n) is 3.62. The number of pyridine rings is 1. The number of hydrogen-bond acceptors (Lipinski definition) is 4. The standard InChI is InChI=1S/C19H19N3OS/c1-14-5-4-6-15(11-14)12-21-18(23)8-9-19-22-17(13-24-19)16-7-2-3-10-20-16/h2-7,10-11,13H,8-9,12H2,1H3,(H,21,23). The van der Waals surface area contributed by atoms with Gasteiger partial charge in [0.15, 0.2) is 0 Å². The molecule has 0 aliphatic rings. The van der Waals surface area contributed by atoms with Gasteiger partial charge in [-0.2, -0.15) is 0 Å². The molecule has 0 aliphatic heterocycles. The number of thiazole rings is 1. The highest BCUT2D eigenvalue weighted by Gasteiger charge is 2.08. The second-order valence-electron chi connectivity index (χ2n) is 5.61. The fourth-order valence-corrected chi connectivity index (χ4v) is 3.18. The average molecular weight is 337 g/mol. The number of carbonyl (C=O) groups is 1. The van der Waals surface area contributed by atoms with Gasteiger partial charge in [0.1, 0.15) is 0 Å². The number of aryl methyl sites for hydroxylation is 2. The van der Waals surface area contributed by atoms with E-state index in [0.29, 0.717) is 19.4 Å². The van der Waals surface area contributed by atoms with Gasteiger partial charge < -0.3 is 5.32 Å². The molecule has 4 nitrogen and oxygen atoms in total. The first-order chi connectivity index (χ1) is 11.7. The summed E-state index contributed by atoms with van der Waals surface area (Å²) in [5.74, 6) is 0.0473. The number of nitrogens with one attached hydrogen (secondary N) is 1. The third-order valence-corrected chi connectivity index (χ3v) is 4.53. The number of aromatic nitrogens is 2. The number of nitrogens with zero attached hydrogens (tertiary/aromatic N) is 2. The Bertz CT molecular complexity index is 814. The summed E-state index contributed by atoms with van der Waals surface area (Å²) in [4.78, 5) is 20.9. The Morgan fingerprint density at radius 2 is 2.08 bits per heavy atom. The van der Waals surface area contributed by atoms with Crippen LogP contribution in [-0.4, -0.2) is 15.9 Å². The average Bonchev–Trinajstić information content (AvgIpc) is 3.08. The molecule has 5 heteroatoms. The molecule has 0 aliphatic carbocycles. The van der Waals surface area contributed by atoms with Crippen LogP contribution in [0.1, 0.15) is 22.6 Å². The summed E-state index contributed by atoms with van der Waals surface area (Å²) in [6.07, 6.45) is 2.85. The zero-order valence-electron chi connectivity index (χ0n) is 13.5. The fraction of sp³-hybridized carbons (Fsp3) is 0.211. The molecule has 0 fully saturated rings. The van der Waals surface area contributed by atoms with E-state index in [0.717, 1.165) is 22.0 Å². The number of rotatable bonds is 6. The van der Waals surface area contributed by atoms with Crippen LogP contribution in [0.15, 0.2) is 54.0 Å². The van der Waals surface area contributed by atoms with Gasteiger partial charge in [0, 0.05) is 31.0 Å². The maximum absolute atomic E-state index is 12.0. The maximum atomic E-state index is 12.0. The predicted molar refractivity (Wildman–Crippen MR) is 96.7 cm³/mol. The maximum Gasteiger partial charge on any atom is 0.220 e. The van der Waals surface area contributed by atoms with Crippen LogP contribution in [-0.2, 0) is 17.8 Å². The van der Waals surface area contributed by atoms with E-state index in [1.54, 1.807) is 17.5 Å². The summed E-state index contributed by atoms with van der Waals surface area (Å²) in [6.45, 7) is 2.62. The van der Waals surface area contributed by atoms with E-state index >= 15 is 0 Å². The third kappa shape index (κ3) is 4.49. The van der Waals surface area contributed by atoms with Crippen molar-refractivity contribution >= 4 is 17.2 Å². The molecule has 1 aromatic carbocycles. The SMILES string of the molecule is Cc1cccc(CNC(=O)CCc2nc(-c3ccccn3)cs2)c1. The van der Waals surface area contributed by atoms with Gasteiger partial charge in [-0.25, -0.2) is 4.98 Å². The molecular weight excluding hydrogens is 318 g/mol. The normalized spacial score (nSPS) is 10.5. The van der Waals surface area contributed by atoms with Crippen LogP contribution < -0.4 is 5.32 Å². The van der Waals surface area contributed by atoms with Crippen molar-refractivity contribution in [2.75, 3.05) is 0 Å². The van der Waals surface area contributed by atoms with Crippen molar-refractivity contribution in [3.05, 3.63) is 70.2 Å². The van der Waals surface area contributed by atoms with Crippen molar-refractivity contribution in [2.45, 2.75) is 26.3 Å². The zero-order valence-corrected chi connectivity index (χ0v) is 14.3. The lowest BCUT2D eigenvalue weighted by Crippen LogP contribution is -2.23. The molecule has 2 heterocycles. The summed E-state index contributed by atoms with van der Waals surface area (Å²) in [7, 11) is 0. The smallest absolute Gasteiger partial charge is 0.220 e. The first kappa shape index (κ1) is 16.3. The Kier molecular flexibility index (Phi) is 5.33. The molecule has 0 radical (unpaired) electrons. The summed E-state index contributed by atoms with van der Waals surface area (Å²) in [5, 5.41) is 5.91. The quantitative estimate of drug-likeness (QED) is 0.745. The Labute approximate surface area is 145 Å². The molecule has 0 saturated carbocycles. The number of benzene rings is 1. The Hall–Kier alpha value is -2.53. The first-order valence-corrected chi connectivity index (χ1v) is 8.77. The highest BCUT2D eigenvalue weighted by atomic mass is 32.1. The number of carbonyl (C=O) groups excluding carboxylic acids is 1. The number of hydrogen-bond donors (Lipinski definition) is 1. The zero-order chi connectivity index (χ0) is 16.8. The van der Waals surface area contributed by atoms with E-state index in [1.807, 2.05) is 48.7 Å². The molecule has 0 atom stereocenters. The molecule has 24 heavy (non-hydrogen) atoms. The van der Waals surface area contributed by atoms with E-state index < -0.39 is 0 Å². The Balaban J connectivity index is 1.49. The molecule has 3 rings (SSSR count). The highest BCUT2D eigenvalue weighted by Crippen LogP contribution is 2.20. The Morgan fingerprint density at radius 3 is 2.88 bits per heavy atom. The summed E-state index contributed by atoms with van der Waals surface area (Å²) in [6, 6.07) is 13.9. The molecule has 0 saturated heterocycles. The molecule has 2 aromatic heterocycles. The molecule has 3 aromatic rings. The summed E-state index contributed by atoms with van der Waals surface area (Å²) >= 11 is 1.57. The van der Waals surface area contributed by atoms with Crippen LogP contribution in [0.5, 0.6) is 0 Å². The van der Waals surface area contributed by atoms with Gasteiger partial charge in [-0.05, 0) is 24.6 Å². The van der Waals surface area contributed by atoms with Gasteiger partial charge in [-0.15, -0.1) is 11.3 Å². The minimum absolute atomic E-state index is 0.0473. The van der Waals surface area contributed by atoms with Gasteiger partial charge in [0.25, 0.3) is 0 Å². The van der Waals surface area contributed by atoms with E-state index in [-0.39, 0.29) is 5.91 Å². The van der Waals surface area contributed by atoms with Crippen molar-refractivity contribution in [1.29, 1.82) is 0 Å². The van der Waals surface area contributed by atoms with Gasteiger partial charge in [0.05, 0.1) is 16.4 Å². The van der Waals surface area contributed by atoms with Gasteiger partial charge >= 0.3 is 0 Å². The van der Waals surface area contributed by atoms with E-state index in [2.05, 4.69) is 21.4 Å². The molecule has 0 unspecified atom stereocenters. The van der Waals surface area contributed by atoms with Crippen molar-refractivity contribution < 1.29 is 4.79 Å². The second-order valence-corrected chi connectivity index (χ2v) is 6.55. The van der Waals surface area contributed by atoms with Crippen molar-refractivity contribution in [1.82, 2.24) is 15.3 Å². The van der Waals surface area contributed by atoms with Gasteiger partial charge in [-0.3, -0.25) is 9.78 Å². The van der Waals surface area contributed by atoms with Crippen molar-refractivity contribution in [3.63, 3.8) is 0 Å². The summed E-state index contributed by atoms with van der Waals surface area (Å²) in [5.41, 5.74) is 4.06. The van der Waals surface area contributed by atoms with Crippen LogP contribution in [0.25, 0.3) is 11.4 Å². The summed E-state index contributed by atoms with van der Waals surface area (Å²) < 4.78 is 0. The molecule has 1 N–H and O–H groups in total. The van der Waals surface area contributed by atoms with Crippen molar-refractivity contribution in [3.8, 4) is 11.4 Å². The van der Waals surface area contributed by atoms with E-state index in [9.17, 15) is 4.79 Å². The minimum atomic E-state index is 0.0473. The predicted octanol–water partition coefficient (Wildman–Crippen LogP) is 3.76. The molecule has 1 amide bonds.